The molecule has 1 N–H and O–H groups in total. The van der Waals surface area contributed by atoms with Gasteiger partial charge in [0.05, 0.1) is 34.1 Å². The Morgan fingerprint density at radius 3 is 2.53 bits per heavy atom. The van der Waals surface area contributed by atoms with E-state index in [1.165, 1.54) is 22.0 Å². The number of nitrogens with zero attached hydrogens (tertiary/aromatic N) is 3. The summed E-state index contributed by atoms with van der Waals surface area (Å²) in [5, 5.41) is 4.73. The summed E-state index contributed by atoms with van der Waals surface area (Å²) in [7, 11) is 1.65. The highest BCUT2D eigenvalue weighted by Gasteiger charge is 2.15. The maximum Gasteiger partial charge on any atom is 0.234 e. The standard InChI is InChI=1S/C30H24N4O2S2/c1-19-7-16-25-27(17-19)38-29(32-25)20-8-10-21(11-9-20)31-28(35)18-37-30-33-24-5-3-4-6-26(24)34(30)22-12-14-23(36-2)15-13-22/h3-17H,18H2,1-2H3,(H,31,35). The van der Waals surface area contributed by atoms with E-state index >= 15 is 0 Å². The zero-order valence-corrected chi connectivity index (χ0v) is 22.5. The van der Waals surface area contributed by atoms with Gasteiger partial charge in [-0.1, -0.05) is 30.0 Å². The molecule has 8 heteroatoms. The van der Waals surface area contributed by atoms with Gasteiger partial charge in [0.25, 0.3) is 0 Å². The average molecular weight is 537 g/mol. The summed E-state index contributed by atoms with van der Waals surface area (Å²) in [6, 6.07) is 29.9. The highest BCUT2D eigenvalue weighted by atomic mass is 32.2. The van der Waals surface area contributed by atoms with Gasteiger partial charge in [-0.15, -0.1) is 11.3 Å². The zero-order chi connectivity index (χ0) is 26.1. The molecule has 0 unspecified atom stereocenters. The quantitative estimate of drug-likeness (QED) is 0.216. The van der Waals surface area contributed by atoms with E-state index in [2.05, 4.69) is 35.0 Å². The lowest BCUT2D eigenvalue weighted by Gasteiger charge is -2.10. The summed E-state index contributed by atoms with van der Waals surface area (Å²) in [6.07, 6.45) is 0. The Balaban J connectivity index is 1.16. The maximum atomic E-state index is 12.8. The number of ether oxygens (including phenoxy) is 1. The molecule has 0 spiro atoms. The Hall–Kier alpha value is -4.14. The number of rotatable bonds is 7. The van der Waals surface area contributed by atoms with Crippen molar-refractivity contribution >= 4 is 55.9 Å². The molecule has 0 atom stereocenters. The fourth-order valence-electron chi connectivity index (χ4n) is 4.26. The lowest BCUT2D eigenvalue weighted by molar-refractivity contribution is -0.113. The molecule has 0 aliphatic carbocycles. The number of methoxy groups -OCH3 is 1. The summed E-state index contributed by atoms with van der Waals surface area (Å²) in [5.41, 5.74) is 6.84. The molecule has 2 heterocycles. The fourth-order valence-corrected chi connectivity index (χ4v) is 6.16. The lowest BCUT2D eigenvalue weighted by atomic mass is 10.2. The van der Waals surface area contributed by atoms with Crippen LogP contribution in [0.5, 0.6) is 5.75 Å². The number of thiazole rings is 1. The second-order valence-electron chi connectivity index (χ2n) is 8.82. The summed E-state index contributed by atoms with van der Waals surface area (Å²) in [5.74, 6) is 0.931. The molecule has 6 rings (SSSR count). The number of imidazole rings is 1. The Morgan fingerprint density at radius 2 is 1.74 bits per heavy atom. The molecule has 188 valence electrons. The van der Waals surface area contributed by atoms with E-state index in [0.29, 0.717) is 0 Å². The molecule has 0 saturated carbocycles. The predicted molar refractivity (Wildman–Crippen MR) is 157 cm³/mol. The van der Waals surface area contributed by atoms with Gasteiger partial charge in [0, 0.05) is 16.9 Å². The Labute approximate surface area is 228 Å². The first kappa shape index (κ1) is 24.2. The number of nitrogens with one attached hydrogen (secondary N) is 1. The minimum atomic E-state index is -0.0912. The number of anilines is 1. The number of benzene rings is 4. The number of aryl methyl sites for hydroxylation is 1. The molecule has 0 saturated heterocycles. The third-order valence-corrected chi connectivity index (χ3v) is 8.16. The van der Waals surface area contributed by atoms with Gasteiger partial charge in [0.15, 0.2) is 5.16 Å². The van der Waals surface area contributed by atoms with Crippen LogP contribution in [0.15, 0.2) is 96.2 Å². The predicted octanol–water partition coefficient (Wildman–Crippen LogP) is 7.35. The molecule has 0 bridgehead atoms. The van der Waals surface area contributed by atoms with Crippen molar-refractivity contribution in [3.05, 3.63) is 96.6 Å². The molecule has 6 nitrogen and oxygen atoms in total. The summed E-state index contributed by atoms with van der Waals surface area (Å²) < 4.78 is 8.55. The van der Waals surface area contributed by atoms with Crippen molar-refractivity contribution in [2.75, 3.05) is 18.2 Å². The van der Waals surface area contributed by atoms with Gasteiger partial charge in [-0.25, -0.2) is 9.97 Å². The Morgan fingerprint density at radius 1 is 0.947 bits per heavy atom. The molecule has 0 fully saturated rings. The number of amides is 1. The zero-order valence-electron chi connectivity index (χ0n) is 20.8. The van der Waals surface area contributed by atoms with E-state index in [0.717, 1.165) is 49.4 Å². The van der Waals surface area contributed by atoms with Gasteiger partial charge in [0.1, 0.15) is 10.8 Å². The number of para-hydroxylation sites is 2. The van der Waals surface area contributed by atoms with Crippen LogP contribution in [0.2, 0.25) is 0 Å². The van der Waals surface area contributed by atoms with E-state index in [9.17, 15) is 4.79 Å². The van der Waals surface area contributed by atoms with E-state index in [1.807, 2.05) is 72.8 Å². The SMILES string of the molecule is COc1ccc(-n2c(SCC(=O)Nc3ccc(-c4nc5ccc(C)cc5s4)cc3)nc3ccccc32)cc1. The monoisotopic (exact) mass is 536 g/mol. The van der Waals surface area contributed by atoms with E-state index in [1.54, 1.807) is 18.4 Å². The molecule has 0 aliphatic heterocycles. The first-order valence-electron chi connectivity index (χ1n) is 12.1. The smallest absolute Gasteiger partial charge is 0.234 e. The largest absolute Gasteiger partial charge is 0.497 e. The molecule has 0 aliphatic rings. The number of aromatic nitrogens is 3. The van der Waals surface area contributed by atoms with Crippen LogP contribution >= 0.6 is 23.1 Å². The number of carbonyl (C=O) groups excluding carboxylic acids is 1. The van der Waals surface area contributed by atoms with Crippen LogP contribution in [-0.4, -0.2) is 33.3 Å². The van der Waals surface area contributed by atoms with Crippen LogP contribution in [0, 0.1) is 6.92 Å². The lowest BCUT2D eigenvalue weighted by Crippen LogP contribution is -2.14. The number of thioether (sulfide) groups is 1. The molecule has 2 aromatic heterocycles. The Kier molecular flexibility index (Phi) is 6.57. The number of hydrogen-bond donors (Lipinski definition) is 1. The summed E-state index contributed by atoms with van der Waals surface area (Å²) in [4.78, 5) is 22.4. The second-order valence-corrected chi connectivity index (χ2v) is 10.8. The highest BCUT2D eigenvalue weighted by molar-refractivity contribution is 7.99. The minimum Gasteiger partial charge on any atom is -0.497 e. The molecular weight excluding hydrogens is 512 g/mol. The minimum absolute atomic E-state index is 0.0912. The third kappa shape index (κ3) is 4.88. The first-order chi connectivity index (χ1) is 18.6. The van der Waals surface area contributed by atoms with Gasteiger partial charge in [-0.3, -0.25) is 9.36 Å². The van der Waals surface area contributed by atoms with Crippen molar-refractivity contribution in [1.82, 2.24) is 14.5 Å². The number of fused-ring (bicyclic) bond motifs is 2. The van der Waals surface area contributed by atoms with E-state index < -0.39 is 0 Å². The van der Waals surface area contributed by atoms with Crippen molar-refractivity contribution < 1.29 is 9.53 Å². The van der Waals surface area contributed by atoms with Crippen LogP contribution in [-0.2, 0) is 4.79 Å². The topological polar surface area (TPSA) is 69.0 Å². The van der Waals surface area contributed by atoms with Gasteiger partial charge >= 0.3 is 0 Å². The van der Waals surface area contributed by atoms with Crippen LogP contribution in [0.3, 0.4) is 0 Å². The van der Waals surface area contributed by atoms with Gasteiger partial charge in [0.2, 0.25) is 5.91 Å². The number of carbonyl (C=O) groups is 1. The average Bonchev–Trinajstić information content (AvgIpc) is 3.53. The third-order valence-electron chi connectivity index (χ3n) is 6.15. The van der Waals surface area contributed by atoms with Gasteiger partial charge in [-0.05, 0) is 85.3 Å². The van der Waals surface area contributed by atoms with E-state index in [4.69, 9.17) is 14.7 Å². The molecule has 38 heavy (non-hydrogen) atoms. The van der Waals surface area contributed by atoms with Crippen molar-refractivity contribution in [3.8, 4) is 22.0 Å². The van der Waals surface area contributed by atoms with Crippen molar-refractivity contribution in [3.63, 3.8) is 0 Å². The van der Waals surface area contributed by atoms with Gasteiger partial charge in [-0.2, -0.15) is 0 Å². The molecule has 0 radical (unpaired) electrons. The van der Waals surface area contributed by atoms with Crippen molar-refractivity contribution in [2.45, 2.75) is 12.1 Å². The highest BCUT2D eigenvalue weighted by Crippen LogP contribution is 2.32. The Bertz CT molecular complexity index is 1760. The fraction of sp³-hybridized carbons (Fsp3) is 0.100. The second kappa shape index (κ2) is 10.3. The van der Waals surface area contributed by atoms with Crippen molar-refractivity contribution in [2.24, 2.45) is 0 Å². The molecule has 6 aromatic rings. The van der Waals surface area contributed by atoms with Crippen LogP contribution in [0.1, 0.15) is 5.56 Å². The number of hydrogen-bond acceptors (Lipinski definition) is 6. The molecule has 1 amide bonds. The summed E-state index contributed by atoms with van der Waals surface area (Å²) >= 11 is 3.08. The van der Waals surface area contributed by atoms with E-state index in [-0.39, 0.29) is 11.7 Å². The van der Waals surface area contributed by atoms with Crippen LogP contribution in [0.25, 0.3) is 37.5 Å². The maximum absolute atomic E-state index is 12.8. The summed E-state index contributed by atoms with van der Waals surface area (Å²) in [6.45, 7) is 2.09. The van der Waals surface area contributed by atoms with Gasteiger partial charge < -0.3 is 10.1 Å². The molecule has 4 aromatic carbocycles. The van der Waals surface area contributed by atoms with Crippen molar-refractivity contribution in [1.29, 1.82) is 0 Å². The van der Waals surface area contributed by atoms with Crippen LogP contribution in [0.4, 0.5) is 5.69 Å². The first-order valence-corrected chi connectivity index (χ1v) is 13.9. The normalized spacial score (nSPS) is 11.2. The molecular formula is C30H24N4O2S2. The van der Waals surface area contributed by atoms with Crippen LogP contribution < -0.4 is 10.1 Å².